The van der Waals surface area contributed by atoms with Crippen molar-refractivity contribution < 1.29 is 22.7 Å². The zero-order valence-corrected chi connectivity index (χ0v) is 18.3. The SMILES string of the molecule is CS(=O)(=O)CCN1CCN(C(=O)c2cccc(COc3ccccc3C(N)=O)c2)CC1. The summed E-state index contributed by atoms with van der Waals surface area (Å²) in [4.78, 5) is 28.3. The molecule has 0 bridgehead atoms. The van der Waals surface area contributed by atoms with E-state index in [4.69, 9.17) is 10.5 Å². The van der Waals surface area contributed by atoms with E-state index in [-0.39, 0.29) is 18.3 Å². The first-order chi connectivity index (χ1) is 14.7. The average molecular weight is 446 g/mol. The minimum absolute atomic E-state index is 0.0675. The molecule has 0 radical (unpaired) electrons. The Kier molecular flexibility index (Phi) is 7.29. The highest BCUT2D eigenvalue weighted by atomic mass is 32.2. The molecule has 2 aromatic rings. The lowest BCUT2D eigenvalue weighted by molar-refractivity contribution is 0.0643. The van der Waals surface area contributed by atoms with Gasteiger partial charge in [0.2, 0.25) is 0 Å². The Morgan fingerprint density at radius 2 is 1.74 bits per heavy atom. The van der Waals surface area contributed by atoms with Gasteiger partial charge in [0, 0.05) is 44.5 Å². The van der Waals surface area contributed by atoms with Gasteiger partial charge in [-0.2, -0.15) is 0 Å². The van der Waals surface area contributed by atoms with Gasteiger partial charge in [0.1, 0.15) is 22.2 Å². The lowest BCUT2D eigenvalue weighted by Gasteiger charge is -2.34. The summed E-state index contributed by atoms with van der Waals surface area (Å²) in [5, 5.41) is 0. The number of hydrogen-bond acceptors (Lipinski definition) is 6. The summed E-state index contributed by atoms with van der Waals surface area (Å²) in [6.45, 7) is 3.08. The molecular weight excluding hydrogens is 418 g/mol. The van der Waals surface area contributed by atoms with Gasteiger partial charge in [-0.15, -0.1) is 0 Å². The zero-order chi connectivity index (χ0) is 22.4. The fourth-order valence-electron chi connectivity index (χ4n) is 3.40. The van der Waals surface area contributed by atoms with E-state index in [1.165, 1.54) is 6.26 Å². The van der Waals surface area contributed by atoms with Crippen LogP contribution in [0.2, 0.25) is 0 Å². The second-order valence-electron chi connectivity index (χ2n) is 7.61. The van der Waals surface area contributed by atoms with Crippen LogP contribution in [0.25, 0.3) is 0 Å². The van der Waals surface area contributed by atoms with E-state index in [0.717, 1.165) is 5.56 Å². The van der Waals surface area contributed by atoms with E-state index in [0.29, 0.717) is 49.6 Å². The molecule has 8 nitrogen and oxygen atoms in total. The summed E-state index contributed by atoms with van der Waals surface area (Å²) in [6.07, 6.45) is 1.23. The third-order valence-corrected chi connectivity index (χ3v) is 6.08. The Bertz CT molecular complexity index is 1050. The molecule has 1 saturated heterocycles. The second kappa shape index (κ2) is 9.93. The number of ether oxygens (including phenoxy) is 1. The fraction of sp³-hybridized carbons (Fsp3) is 0.364. The van der Waals surface area contributed by atoms with Gasteiger partial charge < -0.3 is 15.4 Å². The van der Waals surface area contributed by atoms with E-state index >= 15 is 0 Å². The summed E-state index contributed by atoms with van der Waals surface area (Å²) >= 11 is 0. The second-order valence-corrected chi connectivity index (χ2v) is 9.87. The maximum absolute atomic E-state index is 12.9. The van der Waals surface area contributed by atoms with Crippen LogP contribution in [0.5, 0.6) is 5.75 Å². The van der Waals surface area contributed by atoms with Gasteiger partial charge in [-0.1, -0.05) is 24.3 Å². The molecule has 2 amide bonds. The van der Waals surface area contributed by atoms with Gasteiger partial charge in [0.15, 0.2) is 0 Å². The van der Waals surface area contributed by atoms with E-state index < -0.39 is 15.7 Å². The smallest absolute Gasteiger partial charge is 0.253 e. The molecule has 2 N–H and O–H groups in total. The van der Waals surface area contributed by atoms with Crippen molar-refractivity contribution in [2.75, 3.05) is 44.7 Å². The standard InChI is InChI=1S/C22H27N3O5S/c1-31(28,29)14-13-24-9-11-25(12-10-24)22(27)18-6-4-5-17(15-18)16-30-20-8-3-2-7-19(20)21(23)26/h2-8,15H,9-14,16H2,1H3,(H2,23,26). The van der Waals surface area contributed by atoms with Crippen LogP contribution in [-0.4, -0.2) is 74.8 Å². The highest BCUT2D eigenvalue weighted by Crippen LogP contribution is 2.19. The first-order valence-corrected chi connectivity index (χ1v) is 12.1. The van der Waals surface area contributed by atoms with Gasteiger partial charge in [-0.3, -0.25) is 14.5 Å². The lowest BCUT2D eigenvalue weighted by Crippen LogP contribution is -2.49. The van der Waals surface area contributed by atoms with Crippen molar-refractivity contribution in [3.05, 3.63) is 65.2 Å². The van der Waals surface area contributed by atoms with Gasteiger partial charge in [-0.25, -0.2) is 8.42 Å². The summed E-state index contributed by atoms with van der Waals surface area (Å²) < 4.78 is 28.4. The minimum atomic E-state index is -2.99. The Labute approximate surface area is 182 Å². The third kappa shape index (κ3) is 6.53. The number of nitrogens with two attached hydrogens (primary N) is 1. The number of hydrogen-bond donors (Lipinski definition) is 1. The van der Waals surface area contributed by atoms with Crippen molar-refractivity contribution >= 4 is 21.7 Å². The van der Waals surface area contributed by atoms with Crippen molar-refractivity contribution in [1.29, 1.82) is 0 Å². The van der Waals surface area contributed by atoms with Crippen LogP contribution in [0.1, 0.15) is 26.3 Å². The number of nitrogens with zero attached hydrogens (tertiary/aromatic N) is 2. The molecule has 0 aromatic heterocycles. The van der Waals surface area contributed by atoms with Crippen molar-refractivity contribution in [1.82, 2.24) is 9.80 Å². The highest BCUT2D eigenvalue weighted by molar-refractivity contribution is 7.90. The van der Waals surface area contributed by atoms with E-state index in [1.807, 2.05) is 6.07 Å². The van der Waals surface area contributed by atoms with Crippen molar-refractivity contribution in [3.8, 4) is 5.75 Å². The Morgan fingerprint density at radius 3 is 2.42 bits per heavy atom. The molecule has 0 spiro atoms. The Balaban J connectivity index is 1.58. The van der Waals surface area contributed by atoms with Gasteiger partial charge >= 0.3 is 0 Å². The molecule has 166 valence electrons. The molecule has 9 heteroatoms. The molecule has 0 aliphatic carbocycles. The van der Waals surface area contributed by atoms with Crippen molar-refractivity contribution in [2.24, 2.45) is 5.73 Å². The highest BCUT2D eigenvalue weighted by Gasteiger charge is 2.23. The molecule has 31 heavy (non-hydrogen) atoms. The topological polar surface area (TPSA) is 110 Å². The van der Waals surface area contributed by atoms with Crippen LogP contribution in [0.4, 0.5) is 0 Å². The number of carbonyl (C=O) groups excluding carboxylic acids is 2. The maximum atomic E-state index is 12.9. The molecule has 0 unspecified atom stereocenters. The lowest BCUT2D eigenvalue weighted by atomic mass is 10.1. The molecule has 3 rings (SSSR count). The summed E-state index contributed by atoms with van der Waals surface area (Å²) in [5.41, 5.74) is 7.05. The molecule has 0 saturated carbocycles. The predicted molar refractivity (Wildman–Crippen MR) is 118 cm³/mol. The average Bonchev–Trinajstić information content (AvgIpc) is 2.76. The monoisotopic (exact) mass is 445 g/mol. The summed E-state index contributed by atoms with van der Waals surface area (Å²) in [5.74, 6) is -0.101. The molecule has 1 aliphatic heterocycles. The van der Waals surface area contributed by atoms with Crippen LogP contribution < -0.4 is 10.5 Å². The molecule has 2 aromatic carbocycles. The molecule has 0 atom stereocenters. The zero-order valence-electron chi connectivity index (χ0n) is 17.5. The first kappa shape index (κ1) is 22.8. The minimum Gasteiger partial charge on any atom is -0.488 e. The number of piperazine rings is 1. The quantitative estimate of drug-likeness (QED) is 0.653. The Morgan fingerprint density at radius 1 is 1.03 bits per heavy atom. The van der Waals surface area contributed by atoms with Crippen molar-refractivity contribution in [2.45, 2.75) is 6.61 Å². The number of carbonyl (C=O) groups is 2. The number of para-hydroxylation sites is 1. The van der Waals surface area contributed by atoms with E-state index in [9.17, 15) is 18.0 Å². The van der Waals surface area contributed by atoms with E-state index in [1.54, 1.807) is 47.4 Å². The number of benzene rings is 2. The van der Waals surface area contributed by atoms with E-state index in [2.05, 4.69) is 4.90 Å². The van der Waals surface area contributed by atoms with Crippen LogP contribution in [0.15, 0.2) is 48.5 Å². The van der Waals surface area contributed by atoms with Crippen LogP contribution in [-0.2, 0) is 16.4 Å². The third-order valence-electron chi connectivity index (χ3n) is 5.16. The summed E-state index contributed by atoms with van der Waals surface area (Å²) in [7, 11) is -2.99. The van der Waals surface area contributed by atoms with Crippen LogP contribution >= 0.6 is 0 Å². The predicted octanol–water partition coefficient (Wildman–Crippen LogP) is 1.17. The number of rotatable bonds is 8. The first-order valence-electron chi connectivity index (χ1n) is 10.0. The maximum Gasteiger partial charge on any atom is 0.253 e. The largest absolute Gasteiger partial charge is 0.488 e. The van der Waals surface area contributed by atoms with Gasteiger partial charge in [0.05, 0.1) is 11.3 Å². The van der Waals surface area contributed by atoms with Gasteiger partial charge in [-0.05, 0) is 29.8 Å². The molecule has 1 aliphatic rings. The normalized spacial score (nSPS) is 14.9. The molecule has 1 heterocycles. The number of amides is 2. The Hall–Kier alpha value is -2.91. The number of sulfone groups is 1. The number of primary amides is 1. The van der Waals surface area contributed by atoms with Crippen molar-refractivity contribution in [3.63, 3.8) is 0 Å². The van der Waals surface area contributed by atoms with Gasteiger partial charge in [0.25, 0.3) is 11.8 Å². The summed E-state index contributed by atoms with van der Waals surface area (Å²) in [6, 6.07) is 14.0. The van der Waals surface area contributed by atoms with Crippen LogP contribution in [0, 0.1) is 0 Å². The van der Waals surface area contributed by atoms with Crippen LogP contribution in [0.3, 0.4) is 0 Å². The molecular formula is C22H27N3O5S. The molecule has 1 fully saturated rings. The fourth-order valence-corrected chi connectivity index (χ4v) is 3.99.